The molecule has 1 aromatic carbocycles. The SMILES string of the molecule is CCOC(=O)c1sc(NC(=O)CSCc2ccccc2)nc1C. The Labute approximate surface area is 143 Å². The first kappa shape index (κ1) is 17.5. The third-order valence-corrected chi connectivity index (χ3v) is 4.91. The van der Waals surface area contributed by atoms with Crippen LogP contribution in [-0.4, -0.2) is 29.2 Å². The Bertz CT molecular complexity index is 671. The molecule has 1 heterocycles. The van der Waals surface area contributed by atoms with Crippen molar-refractivity contribution in [2.45, 2.75) is 19.6 Å². The number of benzene rings is 1. The zero-order valence-corrected chi connectivity index (χ0v) is 14.6. The summed E-state index contributed by atoms with van der Waals surface area (Å²) in [6.45, 7) is 3.79. The highest BCUT2D eigenvalue weighted by atomic mass is 32.2. The van der Waals surface area contributed by atoms with Crippen molar-refractivity contribution in [1.29, 1.82) is 0 Å². The summed E-state index contributed by atoms with van der Waals surface area (Å²) in [6, 6.07) is 9.98. The molecule has 1 aromatic heterocycles. The zero-order valence-electron chi connectivity index (χ0n) is 13.0. The van der Waals surface area contributed by atoms with E-state index < -0.39 is 5.97 Å². The van der Waals surface area contributed by atoms with E-state index in [4.69, 9.17) is 4.74 Å². The molecule has 0 aliphatic heterocycles. The minimum absolute atomic E-state index is 0.130. The van der Waals surface area contributed by atoms with Gasteiger partial charge in [-0.1, -0.05) is 41.7 Å². The normalized spacial score (nSPS) is 10.3. The van der Waals surface area contributed by atoms with Crippen LogP contribution < -0.4 is 5.32 Å². The second-order valence-electron chi connectivity index (χ2n) is 4.68. The first-order valence-electron chi connectivity index (χ1n) is 7.16. The number of nitrogens with zero attached hydrogens (tertiary/aromatic N) is 1. The van der Waals surface area contributed by atoms with Crippen molar-refractivity contribution in [3.8, 4) is 0 Å². The summed E-state index contributed by atoms with van der Waals surface area (Å²) in [5.41, 5.74) is 1.75. The minimum Gasteiger partial charge on any atom is -0.462 e. The minimum atomic E-state index is -0.401. The van der Waals surface area contributed by atoms with Crippen LogP contribution in [0.3, 0.4) is 0 Å². The molecular formula is C16H18N2O3S2. The van der Waals surface area contributed by atoms with E-state index in [1.54, 1.807) is 13.8 Å². The number of hydrogen-bond acceptors (Lipinski definition) is 6. The van der Waals surface area contributed by atoms with E-state index in [2.05, 4.69) is 10.3 Å². The number of esters is 1. The van der Waals surface area contributed by atoms with Crippen molar-refractivity contribution >= 4 is 40.1 Å². The highest BCUT2D eigenvalue weighted by molar-refractivity contribution is 7.99. The maximum Gasteiger partial charge on any atom is 0.350 e. The molecular weight excluding hydrogens is 332 g/mol. The Hall–Kier alpha value is -1.86. The predicted octanol–water partition coefficient (Wildman–Crippen LogP) is 3.50. The molecule has 0 spiro atoms. The largest absolute Gasteiger partial charge is 0.462 e. The first-order chi connectivity index (χ1) is 11.1. The molecule has 7 heteroatoms. The molecule has 122 valence electrons. The molecule has 23 heavy (non-hydrogen) atoms. The zero-order chi connectivity index (χ0) is 16.7. The number of amides is 1. The van der Waals surface area contributed by atoms with Crippen LogP contribution in [0.25, 0.3) is 0 Å². The topological polar surface area (TPSA) is 68.3 Å². The number of aromatic nitrogens is 1. The van der Waals surface area contributed by atoms with E-state index in [0.717, 1.165) is 17.1 Å². The van der Waals surface area contributed by atoms with Gasteiger partial charge in [0.15, 0.2) is 5.13 Å². The number of anilines is 1. The summed E-state index contributed by atoms with van der Waals surface area (Å²) < 4.78 is 4.96. The fraction of sp³-hybridized carbons (Fsp3) is 0.312. The van der Waals surface area contributed by atoms with Crippen LogP contribution in [-0.2, 0) is 15.3 Å². The molecule has 0 saturated carbocycles. The number of thioether (sulfide) groups is 1. The molecule has 0 saturated heterocycles. The fourth-order valence-corrected chi connectivity index (χ4v) is 3.49. The lowest BCUT2D eigenvalue weighted by Gasteiger charge is -2.02. The van der Waals surface area contributed by atoms with E-state index in [-0.39, 0.29) is 5.91 Å². The molecule has 0 atom stereocenters. The van der Waals surface area contributed by atoms with Crippen molar-refractivity contribution in [2.75, 3.05) is 17.7 Å². The Morgan fingerprint density at radius 3 is 2.74 bits per heavy atom. The summed E-state index contributed by atoms with van der Waals surface area (Å²) in [5, 5.41) is 3.15. The molecule has 5 nitrogen and oxygen atoms in total. The monoisotopic (exact) mass is 350 g/mol. The van der Waals surface area contributed by atoms with Crippen molar-refractivity contribution < 1.29 is 14.3 Å². The number of aryl methyl sites for hydroxylation is 1. The number of nitrogens with one attached hydrogen (secondary N) is 1. The van der Waals surface area contributed by atoms with Crippen LogP contribution in [0.5, 0.6) is 0 Å². The van der Waals surface area contributed by atoms with Gasteiger partial charge in [-0.2, -0.15) is 0 Å². The number of carbonyl (C=O) groups is 2. The second kappa shape index (κ2) is 8.69. The van der Waals surface area contributed by atoms with E-state index in [0.29, 0.717) is 28.1 Å². The molecule has 0 unspecified atom stereocenters. The van der Waals surface area contributed by atoms with Gasteiger partial charge in [0, 0.05) is 5.75 Å². The molecule has 1 N–H and O–H groups in total. The standard InChI is InChI=1S/C16H18N2O3S2/c1-3-21-15(20)14-11(2)17-16(23-14)18-13(19)10-22-9-12-7-5-4-6-8-12/h4-8H,3,9-10H2,1-2H3,(H,17,18,19). The number of carbonyl (C=O) groups excluding carboxylic acids is 2. The van der Waals surface area contributed by atoms with Gasteiger partial charge in [0.2, 0.25) is 5.91 Å². The van der Waals surface area contributed by atoms with Crippen LogP contribution >= 0.6 is 23.1 Å². The summed E-state index contributed by atoms with van der Waals surface area (Å²) >= 11 is 2.67. The molecule has 0 bridgehead atoms. The van der Waals surface area contributed by atoms with Crippen LogP contribution in [0.4, 0.5) is 5.13 Å². The van der Waals surface area contributed by atoms with Gasteiger partial charge in [0.25, 0.3) is 0 Å². The average molecular weight is 350 g/mol. The highest BCUT2D eigenvalue weighted by Crippen LogP contribution is 2.23. The van der Waals surface area contributed by atoms with E-state index in [9.17, 15) is 9.59 Å². The number of hydrogen-bond donors (Lipinski definition) is 1. The van der Waals surface area contributed by atoms with Crippen LogP contribution in [0, 0.1) is 6.92 Å². The fourth-order valence-electron chi connectivity index (χ4n) is 1.83. The number of rotatable bonds is 7. The lowest BCUT2D eigenvalue weighted by molar-refractivity contribution is -0.113. The van der Waals surface area contributed by atoms with Crippen molar-refractivity contribution in [3.05, 3.63) is 46.5 Å². The Balaban J connectivity index is 1.83. The van der Waals surface area contributed by atoms with Gasteiger partial charge in [0.1, 0.15) is 4.88 Å². The summed E-state index contributed by atoms with van der Waals surface area (Å²) in [5.74, 6) is 0.582. The lowest BCUT2D eigenvalue weighted by Crippen LogP contribution is -2.13. The average Bonchev–Trinajstić information content (AvgIpc) is 2.89. The van der Waals surface area contributed by atoms with Gasteiger partial charge in [-0.15, -0.1) is 11.8 Å². The lowest BCUT2D eigenvalue weighted by atomic mass is 10.2. The smallest absolute Gasteiger partial charge is 0.350 e. The molecule has 1 amide bonds. The van der Waals surface area contributed by atoms with Gasteiger partial charge in [-0.25, -0.2) is 9.78 Å². The van der Waals surface area contributed by atoms with E-state index in [1.807, 2.05) is 30.3 Å². The maximum absolute atomic E-state index is 11.9. The van der Waals surface area contributed by atoms with Crippen molar-refractivity contribution in [2.24, 2.45) is 0 Å². The first-order valence-corrected chi connectivity index (χ1v) is 9.13. The second-order valence-corrected chi connectivity index (χ2v) is 6.67. The summed E-state index contributed by atoms with van der Waals surface area (Å²) in [7, 11) is 0. The van der Waals surface area contributed by atoms with Crippen molar-refractivity contribution in [1.82, 2.24) is 4.98 Å². The van der Waals surface area contributed by atoms with Crippen LogP contribution in [0.1, 0.15) is 27.9 Å². The predicted molar refractivity (Wildman–Crippen MR) is 94.0 cm³/mol. The number of ether oxygens (including phenoxy) is 1. The van der Waals surface area contributed by atoms with Crippen molar-refractivity contribution in [3.63, 3.8) is 0 Å². The Morgan fingerprint density at radius 2 is 2.04 bits per heavy atom. The Kier molecular flexibility index (Phi) is 6.61. The van der Waals surface area contributed by atoms with Gasteiger partial charge in [0.05, 0.1) is 18.1 Å². The molecule has 0 aliphatic carbocycles. The van der Waals surface area contributed by atoms with Crippen LogP contribution in [0.15, 0.2) is 30.3 Å². The van der Waals surface area contributed by atoms with E-state index >= 15 is 0 Å². The van der Waals surface area contributed by atoms with Gasteiger partial charge >= 0.3 is 5.97 Å². The molecule has 0 radical (unpaired) electrons. The summed E-state index contributed by atoms with van der Waals surface area (Å²) in [4.78, 5) is 28.3. The highest BCUT2D eigenvalue weighted by Gasteiger charge is 2.17. The number of thiazole rings is 1. The molecule has 0 fully saturated rings. The quantitative estimate of drug-likeness (QED) is 0.774. The van der Waals surface area contributed by atoms with Gasteiger partial charge < -0.3 is 10.1 Å². The Morgan fingerprint density at radius 1 is 1.30 bits per heavy atom. The maximum atomic E-state index is 11.9. The third-order valence-electron chi connectivity index (χ3n) is 2.85. The van der Waals surface area contributed by atoms with Gasteiger partial charge in [-0.05, 0) is 19.4 Å². The third kappa shape index (κ3) is 5.37. The molecule has 2 rings (SSSR count). The van der Waals surface area contributed by atoms with E-state index in [1.165, 1.54) is 17.3 Å². The molecule has 0 aliphatic rings. The van der Waals surface area contributed by atoms with Crippen LogP contribution in [0.2, 0.25) is 0 Å². The van der Waals surface area contributed by atoms with Gasteiger partial charge in [-0.3, -0.25) is 4.79 Å². The molecule has 2 aromatic rings. The summed E-state index contributed by atoms with van der Waals surface area (Å²) in [6.07, 6.45) is 0.